The van der Waals surface area contributed by atoms with Crippen LogP contribution in [0.15, 0.2) is 0 Å². The molecule has 0 radical (unpaired) electrons. The molecule has 22 heavy (non-hydrogen) atoms. The zero-order chi connectivity index (χ0) is 17.2. The molecule has 0 aliphatic heterocycles. The van der Waals surface area contributed by atoms with Crippen LogP contribution in [-0.2, 0) is 19.1 Å². The molecule has 0 saturated heterocycles. The molecule has 2 atom stereocenters. The van der Waals surface area contributed by atoms with Crippen molar-refractivity contribution in [3.05, 3.63) is 0 Å². The number of aliphatic hydroxyl groups is 2. The molecule has 0 rings (SSSR count). The van der Waals surface area contributed by atoms with E-state index in [4.69, 9.17) is 9.47 Å². The summed E-state index contributed by atoms with van der Waals surface area (Å²) in [6, 6.07) is 0. The summed E-state index contributed by atoms with van der Waals surface area (Å²) < 4.78 is 10.00. The van der Waals surface area contributed by atoms with Crippen molar-refractivity contribution in [2.75, 3.05) is 13.2 Å². The second kappa shape index (κ2) is 9.79. The van der Waals surface area contributed by atoms with E-state index in [0.29, 0.717) is 25.7 Å². The molecule has 0 aromatic carbocycles. The minimum Gasteiger partial charge on any atom is -0.463 e. The van der Waals surface area contributed by atoms with Crippen LogP contribution >= 0.6 is 0 Å². The molecule has 0 aromatic rings. The monoisotopic (exact) mass is 318 g/mol. The molecule has 0 aromatic heterocycles. The van der Waals surface area contributed by atoms with Crippen molar-refractivity contribution in [2.45, 2.75) is 77.4 Å². The third-order valence-corrected chi connectivity index (χ3v) is 3.46. The maximum atomic E-state index is 12.3. The Balaban J connectivity index is 5.56. The summed E-state index contributed by atoms with van der Waals surface area (Å²) in [5.74, 6) is -1.94. The third-order valence-electron chi connectivity index (χ3n) is 3.46. The number of carbonyl (C=O) groups is 2. The zero-order valence-corrected chi connectivity index (χ0v) is 14.2. The van der Waals surface area contributed by atoms with Gasteiger partial charge in [0.25, 0.3) is 0 Å². The SMILES string of the molecule is CCCOC(=O)C(O)(CCC)C(O)(CCC)C(=O)OCCC. The fourth-order valence-electron chi connectivity index (χ4n) is 2.31. The summed E-state index contributed by atoms with van der Waals surface area (Å²) in [7, 11) is 0. The lowest BCUT2D eigenvalue weighted by molar-refractivity contribution is -0.216. The van der Waals surface area contributed by atoms with Gasteiger partial charge in [-0.1, -0.05) is 40.5 Å². The Bertz CT molecular complexity index is 323. The van der Waals surface area contributed by atoms with Crippen molar-refractivity contribution in [1.82, 2.24) is 0 Å². The van der Waals surface area contributed by atoms with Crippen molar-refractivity contribution in [3.8, 4) is 0 Å². The molecule has 0 fully saturated rings. The summed E-state index contributed by atoms with van der Waals surface area (Å²) in [5.41, 5.74) is -4.59. The van der Waals surface area contributed by atoms with Gasteiger partial charge in [0.1, 0.15) is 0 Å². The predicted octanol–water partition coefficient (Wildman–Crippen LogP) is 1.96. The lowest BCUT2D eigenvalue weighted by Gasteiger charge is -2.39. The molecule has 0 aliphatic carbocycles. The molecule has 0 heterocycles. The molecular weight excluding hydrogens is 288 g/mol. The van der Waals surface area contributed by atoms with Crippen LogP contribution in [0, 0.1) is 0 Å². The lowest BCUT2D eigenvalue weighted by Crippen LogP contribution is -2.64. The van der Waals surface area contributed by atoms with E-state index in [0.717, 1.165) is 0 Å². The Labute approximate surface area is 132 Å². The highest BCUT2D eigenvalue weighted by molar-refractivity contribution is 5.92. The fraction of sp³-hybridized carbons (Fsp3) is 0.875. The highest BCUT2D eigenvalue weighted by atomic mass is 16.6. The van der Waals surface area contributed by atoms with Crippen LogP contribution in [0.25, 0.3) is 0 Å². The molecule has 0 spiro atoms. The van der Waals surface area contributed by atoms with Gasteiger partial charge in [0, 0.05) is 0 Å². The van der Waals surface area contributed by atoms with E-state index in [1.165, 1.54) is 0 Å². The van der Waals surface area contributed by atoms with Crippen LogP contribution in [0.3, 0.4) is 0 Å². The minimum absolute atomic E-state index is 0.0761. The van der Waals surface area contributed by atoms with Gasteiger partial charge in [-0.05, 0) is 25.7 Å². The minimum atomic E-state index is -2.29. The Morgan fingerprint density at radius 1 is 0.727 bits per heavy atom. The highest BCUT2D eigenvalue weighted by Gasteiger charge is 2.60. The molecule has 0 amide bonds. The van der Waals surface area contributed by atoms with Gasteiger partial charge in [0.15, 0.2) is 0 Å². The maximum Gasteiger partial charge on any atom is 0.341 e. The molecule has 130 valence electrons. The Hall–Kier alpha value is -1.14. The lowest BCUT2D eigenvalue weighted by atomic mass is 9.76. The van der Waals surface area contributed by atoms with E-state index < -0.39 is 23.1 Å². The third kappa shape index (κ3) is 4.68. The van der Waals surface area contributed by atoms with Gasteiger partial charge in [-0.2, -0.15) is 0 Å². The number of hydrogen-bond acceptors (Lipinski definition) is 6. The number of hydrogen-bond donors (Lipinski definition) is 2. The van der Waals surface area contributed by atoms with Crippen molar-refractivity contribution in [1.29, 1.82) is 0 Å². The summed E-state index contributed by atoms with van der Waals surface area (Å²) in [5, 5.41) is 21.6. The molecule has 0 bridgehead atoms. The standard InChI is InChI=1S/C16H30O6/c1-5-9-15(19,13(17)21-11-7-3)16(20,10-6-2)14(18)22-12-8-4/h19-20H,5-12H2,1-4H3. The predicted molar refractivity (Wildman–Crippen MR) is 82.2 cm³/mol. The molecule has 0 aliphatic rings. The number of esters is 2. The van der Waals surface area contributed by atoms with Crippen LogP contribution in [-0.4, -0.2) is 46.6 Å². The van der Waals surface area contributed by atoms with E-state index >= 15 is 0 Å². The van der Waals surface area contributed by atoms with Crippen LogP contribution in [0.2, 0.25) is 0 Å². The Morgan fingerprint density at radius 3 is 1.27 bits per heavy atom. The number of rotatable bonds is 11. The van der Waals surface area contributed by atoms with E-state index in [9.17, 15) is 19.8 Å². The average molecular weight is 318 g/mol. The first-order valence-corrected chi connectivity index (χ1v) is 8.13. The van der Waals surface area contributed by atoms with Crippen molar-refractivity contribution in [2.24, 2.45) is 0 Å². The Morgan fingerprint density at radius 2 is 1.05 bits per heavy atom. The number of ether oxygens (including phenoxy) is 2. The van der Waals surface area contributed by atoms with Crippen molar-refractivity contribution >= 4 is 11.9 Å². The smallest absolute Gasteiger partial charge is 0.341 e. The average Bonchev–Trinajstić information content (AvgIpc) is 2.50. The summed E-state index contributed by atoms with van der Waals surface area (Å²) >= 11 is 0. The van der Waals surface area contributed by atoms with E-state index in [1.807, 2.05) is 13.8 Å². The van der Waals surface area contributed by atoms with E-state index in [1.54, 1.807) is 13.8 Å². The van der Waals surface area contributed by atoms with Crippen LogP contribution < -0.4 is 0 Å². The van der Waals surface area contributed by atoms with Crippen molar-refractivity contribution in [3.63, 3.8) is 0 Å². The summed E-state index contributed by atoms with van der Waals surface area (Å²) in [6.07, 6.45) is 1.83. The van der Waals surface area contributed by atoms with Crippen LogP contribution in [0.1, 0.15) is 66.2 Å². The fourth-order valence-corrected chi connectivity index (χ4v) is 2.31. The first-order valence-electron chi connectivity index (χ1n) is 8.13. The quantitative estimate of drug-likeness (QED) is 0.566. The van der Waals surface area contributed by atoms with Crippen molar-refractivity contribution < 1.29 is 29.3 Å². The molecule has 0 saturated carbocycles. The molecule has 2 unspecified atom stereocenters. The Kier molecular flexibility index (Phi) is 9.28. The molecule has 2 N–H and O–H groups in total. The molecular formula is C16H30O6. The second-order valence-electron chi connectivity index (χ2n) is 5.49. The van der Waals surface area contributed by atoms with Gasteiger partial charge in [-0.3, -0.25) is 0 Å². The van der Waals surface area contributed by atoms with E-state index in [2.05, 4.69) is 0 Å². The largest absolute Gasteiger partial charge is 0.463 e. The van der Waals surface area contributed by atoms with Gasteiger partial charge in [0.2, 0.25) is 11.2 Å². The van der Waals surface area contributed by atoms with Crippen LogP contribution in [0.5, 0.6) is 0 Å². The normalized spacial score (nSPS) is 16.5. The topological polar surface area (TPSA) is 93.1 Å². The number of carbonyl (C=O) groups excluding carboxylic acids is 2. The molecule has 6 heteroatoms. The second-order valence-corrected chi connectivity index (χ2v) is 5.49. The molecule has 6 nitrogen and oxygen atoms in total. The summed E-state index contributed by atoms with van der Waals surface area (Å²) in [4.78, 5) is 24.5. The maximum absolute atomic E-state index is 12.3. The zero-order valence-electron chi connectivity index (χ0n) is 14.2. The van der Waals surface area contributed by atoms with Gasteiger partial charge in [-0.15, -0.1) is 0 Å². The first-order chi connectivity index (χ1) is 10.3. The van der Waals surface area contributed by atoms with Crippen LogP contribution in [0.4, 0.5) is 0 Å². The van der Waals surface area contributed by atoms with Gasteiger partial charge >= 0.3 is 11.9 Å². The van der Waals surface area contributed by atoms with Gasteiger partial charge < -0.3 is 19.7 Å². The van der Waals surface area contributed by atoms with E-state index in [-0.39, 0.29) is 26.1 Å². The van der Waals surface area contributed by atoms with Gasteiger partial charge in [-0.25, -0.2) is 9.59 Å². The highest BCUT2D eigenvalue weighted by Crippen LogP contribution is 2.34. The summed E-state index contributed by atoms with van der Waals surface area (Å²) in [6.45, 7) is 7.39. The van der Waals surface area contributed by atoms with Gasteiger partial charge in [0.05, 0.1) is 13.2 Å². The first kappa shape index (κ1) is 20.9.